The van der Waals surface area contributed by atoms with Crippen molar-refractivity contribution in [2.75, 3.05) is 0 Å². The predicted octanol–water partition coefficient (Wildman–Crippen LogP) is -6.36. The Morgan fingerprint density at radius 1 is 0.714 bits per heavy atom. The van der Waals surface area contributed by atoms with Crippen LogP contribution in [-0.4, -0.2) is 13.6 Å². The van der Waals surface area contributed by atoms with Gasteiger partial charge in [0.1, 0.15) is 13.6 Å². The van der Waals surface area contributed by atoms with E-state index in [1.165, 1.54) is 0 Å². The van der Waals surface area contributed by atoms with E-state index in [9.17, 15) is 0 Å². The number of rotatable bonds is 0. The molecule has 0 unspecified atom stereocenters. The van der Waals surface area contributed by atoms with Crippen molar-refractivity contribution in [3.05, 3.63) is 0 Å². The molecule has 0 aliphatic rings. The van der Waals surface area contributed by atoms with Gasteiger partial charge >= 0.3 is 19.5 Å². The second-order valence-corrected chi connectivity index (χ2v) is 0. The molecule has 0 fully saturated rings. The molecule has 0 aliphatic heterocycles. The van der Waals surface area contributed by atoms with Gasteiger partial charge < -0.3 is 57.5 Å². The molecule has 0 N–H and O–H groups in total. The van der Waals surface area contributed by atoms with Crippen molar-refractivity contribution in [2.24, 2.45) is 0 Å². The summed E-state index contributed by atoms with van der Waals surface area (Å²) in [6.45, 7) is 4.00. The molecule has 5 heteroatoms. The molecule has 0 aromatic heterocycles. The maximum atomic E-state index is 8.00. The summed E-state index contributed by atoms with van der Waals surface area (Å²) in [6.07, 6.45) is 0. The Labute approximate surface area is 89.6 Å². The standard InChI is InChI=1S/2CH2O.2HI.Rh/c2*1-2;;;/h2*1H2;2*1H;/q;;;;+2/p-2. The van der Waals surface area contributed by atoms with Crippen molar-refractivity contribution in [1.82, 2.24) is 0 Å². The Bertz CT molecular complexity index is 15.7. The van der Waals surface area contributed by atoms with Gasteiger partial charge in [-0.3, -0.25) is 0 Å². The molecule has 0 aromatic rings. The minimum atomic E-state index is 0. The Balaban J connectivity index is -0.00000000267. The van der Waals surface area contributed by atoms with Gasteiger partial charge in [0.05, 0.1) is 0 Å². The molecule has 7 heavy (non-hydrogen) atoms. The first-order valence-corrected chi connectivity index (χ1v) is 0.577. The molecule has 0 spiro atoms. The van der Waals surface area contributed by atoms with Crippen LogP contribution in [0.1, 0.15) is 0 Å². The largest absolute Gasteiger partial charge is 2.00 e. The van der Waals surface area contributed by atoms with Crippen LogP contribution in [-0.2, 0) is 29.1 Å². The summed E-state index contributed by atoms with van der Waals surface area (Å²) in [5.74, 6) is 0. The van der Waals surface area contributed by atoms with Crippen molar-refractivity contribution >= 4 is 13.6 Å². The normalized spacial score (nSPS) is 1.14. The fourth-order valence-electron chi connectivity index (χ4n) is 0. The van der Waals surface area contributed by atoms with Gasteiger partial charge in [-0.25, -0.2) is 0 Å². The van der Waals surface area contributed by atoms with Crippen LogP contribution in [0.15, 0.2) is 0 Å². The molecule has 0 heterocycles. The van der Waals surface area contributed by atoms with Crippen molar-refractivity contribution < 1.29 is 77.0 Å². The Kier molecular flexibility index (Phi) is 855. The summed E-state index contributed by atoms with van der Waals surface area (Å²) >= 11 is 0. The Hall–Kier alpha value is 1.42. The predicted molar refractivity (Wildman–Crippen MR) is 14.2 cm³/mol. The summed E-state index contributed by atoms with van der Waals surface area (Å²) in [7, 11) is 0. The third kappa shape index (κ3) is 108. The molecule has 0 saturated heterocycles. The summed E-state index contributed by atoms with van der Waals surface area (Å²) in [6, 6.07) is 0. The first kappa shape index (κ1) is 39.6. The smallest absolute Gasteiger partial charge is 1.00 e. The zero-order valence-corrected chi connectivity index (χ0v) is 9.27. The molecule has 0 bridgehead atoms. The van der Waals surface area contributed by atoms with Crippen molar-refractivity contribution in [3.8, 4) is 0 Å². The zero-order chi connectivity index (χ0) is 4.00. The van der Waals surface area contributed by atoms with Gasteiger partial charge in [0, 0.05) is 0 Å². The van der Waals surface area contributed by atoms with Gasteiger partial charge in [0.25, 0.3) is 0 Å². The number of hydrogen-bond acceptors (Lipinski definition) is 2. The maximum absolute atomic E-state index is 8.00. The quantitative estimate of drug-likeness (QED) is 0.291. The van der Waals surface area contributed by atoms with Crippen LogP contribution in [0, 0.1) is 0 Å². The van der Waals surface area contributed by atoms with Gasteiger partial charge in [0.15, 0.2) is 0 Å². The van der Waals surface area contributed by atoms with Crippen LogP contribution in [0.2, 0.25) is 0 Å². The first-order chi connectivity index (χ1) is 2.00. The Morgan fingerprint density at radius 2 is 0.714 bits per heavy atom. The van der Waals surface area contributed by atoms with Gasteiger partial charge in [-0.15, -0.1) is 0 Å². The third-order valence-electron chi connectivity index (χ3n) is 0. The molecule has 0 rings (SSSR count). The molecule has 0 saturated carbocycles. The molecule has 0 aliphatic carbocycles. The second kappa shape index (κ2) is 151. The average molecular weight is 417 g/mol. The zero-order valence-electron chi connectivity index (χ0n) is 3.32. The summed E-state index contributed by atoms with van der Waals surface area (Å²) in [5.41, 5.74) is 0. The molecular weight excluding hydrogens is 413 g/mol. The number of carbonyl (C=O) groups is 2. The van der Waals surface area contributed by atoms with Gasteiger partial charge in [-0.05, 0) is 0 Å². The molecular formula is C2H4I2O2Rh. The van der Waals surface area contributed by atoms with Crippen LogP contribution in [0.5, 0.6) is 0 Å². The Morgan fingerprint density at radius 3 is 0.714 bits per heavy atom. The van der Waals surface area contributed by atoms with E-state index in [1.807, 2.05) is 13.6 Å². The summed E-state index contributed by atoms with van der Waals surface area (Å²) in [5, 5.41) is 0. The number of halogens is 2. The molecule has 0 aromatic carbocycles. The molecule has 0 atom stereocenters. The van der Waals surface area contributed by atoms with Gasteiger partial charge in [-0.1, -0.05) is 0 Å². The molecule has 47 valence electrons. The summed E-state index contributed by atoms with van der Waals surface area (Å²) in [4.78, 5) is 16.0. The van der Waals surface area contributed by atoms with Crippen molar-refractivity contribution in [1.29, 1.82) is 0 Å². The number of carbonyl (C=O) groups excluding carboxylic acids is 2. The fourth-order valence-corrected chi connectivity index (χ4v) is 0. The maximum Gasteiger partial charge on any atom is 2.00 e. The molecule has 0 amide bonds. The van der Waals surface area contributed by atoms with Crippen molar-refractivity contribution in [3.63, 3.8) is 0 Å². The first-order valence-electron chi connectivity index (χ1n) is 0.577. The van der Waals surface area contributed by atoms with Crippen LogP contribution >= 0.6 is 0 Å². The van der Waals surface area contributed by atoms with E-state index in [0.717, 1.165) is 0 Å². The van der Waals surface area contributed by atoms with Gasteiger partial charge in [0.2, 0.25) is 0 Å². The van der Waals surface area contributed by atoms with E-state index in [-0.39, 0.29) is 67.4 Å². The van der Waals surface area contributed by atoms with E-state index in [1.54, 1.807) is 0 Å². The van der Waals surface area contributed by atoms with Crippen LogP contribution in [0.3, 0.4) is 0 Å². The van der Waals surface area contributed by atoms with Crippen molar-refractivity contribution in [2.45, 2.75) is 0 Å². The van der Waals surface area contributed by atoms with E-state index >= 15 is 0 Å². The SMILES string of the molecule is C=O.C=O.[I-].[I-].[Rh+2]. The van der Waals surface area contributed by atoms with Crippen LogP contribution < -0.4 is 48.0 Å². The average Bonchev–Trinajstić information content (AvgIpc) is 1.50. The monoisotopic (exact) mass is 417 g/mol. The fraction of sp³-hybridized carbons (Fsp3) is 0. The van der Waals surface area contributed by atoms with E-state index in [2.05, 4.69) is 0 Å². The molecule has 1 radical (unpaired) electrons. The van der Waals surface area contributed by atoms with E-state index in [4.69, 9.17) is 9.59 Å². The summed E-state index contributed by atoms with van der Waals surface area (Å²) < 4.78 is 0. The minimum absolute atomic E-state index is 0. The van der Waals surface area contributed by atoms with E-state index in [0.29, 0.717) is 0 Å². The molecule has 2 nitrogen and oxygen atoms in total. The minimum Gasteiger partial charge on any atom is -1.00 e. The third-order valence-corrected chi connectivity index (χ3v) is 0. The number of hydrogen-bond donors (Lipinski definition) is 0. The van der Waals surface area contributed by atoms with E-state index < -0.39 is 0 Å². The van der Waals surface area contributed by atoms with Crippen LogP contribution in [0.4, 0.5) is 0 Å². The van der Waals surface area contributed by atoms with Crippen LogP contribution in [0.25, 0.3) is 0 Å². The van der Waals surface area contributed by atoms with Gasteiger partial charge in [-0.2, -0.15) is 0 Å². The topological polar surface area (TPSA) is 34.1 Å². The second-order valence-electron chi connectivity index (χ2n) is 0.